The van der Waals surface area contributed by atoms with E-state index < -0.39 is 11.8 Å². The fourth-order valence-electron chi connectivity index (χ4n) is 3.36. The molecule has 0 aliphatic rings. The number of rotatable bonds is 7. The lowest BCUT2D eigenvalue weighted by Gasteiger charge is -2.12. The summed E-state index contributed by atoms with van der Waals surface area (Å²) in [6, 6.07) is 16.4. The zero-order valence-corrected chi connectivity index (χ0v) is 22.0. The van der Waals surface area contributed by atoms with Gasteiger partial charge in [0.05, 0.1) is 6.21 Å². The van der Waals surface area contributed by atoms with E-state index in [9.17, 15) is 14.4 Å². The summed E-state index contributed by atoms with van der Waals surface area (Å²) < 4.78 is 6.44. The molecule has 0 spiro atoms. The summed E-state index contributed by atoms with van der Waals surface area (Å²) in [5.74, 6) is -1.68. The number of carbonyl (C=O) groups is 3. The molecule has 0 atom stereocenters. The summed E-state index contributed by atoms with van der Waals surface area (Å²) in [5.41, 5.74) is 7.77. The number of halogens is 1. The molecule has 0 saturated heterocycles. The lowest BCUT2D eigenvalue weighted by atomic mass is 10.1. The summed E-state index contributed by atoms with van der Waals surface area (Å²) in [6.07, 6.45) is 1.34. The fraction of sp³-hybridized carbons (Fsp3) is 0.185. The number of para-hydroxylation sites is 1. The molecule has 186 valence electrons. The number of hydrogen-bond donors (Lipinski definition) is 3. The van der Waals surface area contributed by atoms with Gasteiger partial charge >= 0.3 is 11.8 Å². The maximum Gasteiger partial charge on any atom is 0.329 e. The molecule has 0 aliphatic heterocycles. The third kappa shape index (κ3) is 7.02. The summed E-state index contributed by atoms with van der Waals surface area (Å²) in [6.45, 7) is 7.37. The van der Waals surface area contributed by atoms with Gasteiger partial charge in [-0.3, -0.25) is 14.4 Å². The molecule has 0 unspecified atom stereocenters. The van der Waals surface area contributed by atoms with Crippen LogP contribution in [-0.4, -0.2) is 30.5 Å². The van der Waals surface area contributed by atoms with E-state index in [0.29, 0.717) is 17.0 Å². The van der Waals surface area contributed by atoms with Crippen LogP contribution in [0.4, 0.5) is 11.4 Å². The highest BCUT2D eigenvalue weighted by molar-refractivity contribution is 9.10. The largest absolute Gasteiger partial charge is 0.483 e. The quantitative estimate of drug-likeness (QED) is 0.223. The highest BCUT2D eigenvalue weighted by atomic mass is 79.9. The number of hydrogen-bond acceptors (Lipinski definition) is 5. The molecule has 3 aromatic carbocycles. The average molecular weight is 551 g/mol. The number of nitrogens with zero attached hydrogens (tertiary/aromatic N) is 1. The van der Waals surface area contributed by atoms with E-state index in [-0.39, 0.29) is 12.5 Å². The van der Waals surface area contributed by atoms with E-state index in [1.54, 1.807) is 18.2 Å². The van der Waals surface area contributed by atoms with Gasteiger partial charge in [-0.2, -0.15) is 5.10 Å². The minimum absolute atomic E-state index is 0.222. The molecule has 3 amide bonds. The Balaban J connectivity index is 1.61. The Morgan fingerprint density at radius 3 is 2.28 bits per heavy atom. The van der Waals surface area contributed by atoms with Crippen LogP contribution in [0.5, 0.6) is 5.75 Å². The number of ether oxygens (including phenoxy) is 1. The van der Waals surface area contributed by atoms with E-state index in [1.807, 2.05) is 64.1 Å². The zero-order chi connectivity index (χ0) is 26.2. The zero-order valence-electron chi connectivity index (χ0n) is 20.4. The van der Waals surface area contributed by atoms with Crippen LogP contribution in [0.25, 0.3) is 0 Å². The second-order valence-electron chi connectivity index (χ2n) is 8.19. The minimum Gasteiger partial charge on any atom is -0.483 e. The Hall–Kier alpha value is -3.98. The first-order chi connectivity index (χ1) is 17.2. The predicted octanol–water partition coefficient (Wildman–Crippen LogP) is 4.79. The van der Waals surface area contributed by atoms with Crippen LogP contribution in [0.15, 0.2) is 64.2 Å². The normalized spacial score (nSPS) is 10.7. The van der Waals surface area contributed by atoms with Crippen LogP contribution in [0.2, 0.25) is 0 Å². The maximum absolute atomic E-state index is 12.4. The molecule has 36 heavy (non-hydrogen) atoms. The van der Waals surface area contributed by atoms with Gasteiger partial charge in [-0.05, 0) is 74.2 Å². The molecule has 0 aromatic heterocycles. The number of anilines is 2. The molecule has 0 radical (unpaired) electrons. The van der Waals surface area contributed by atoms with Crippen LogP contribution in [-0.2, 0) is 14.4 Å². The van der Waals surface area contributed by atoms with Crippen molar-refractivity contribution in [2.45, 2.75) is 27.7 Å². The van der Waals surface area contributed by atoms with E-state index >= 15 is 0 Å². The summed E-state index contributed by atoms with van der Waals surface area (Å²) in [4.78, 5) is 36.9. The van der Waals surface area contributed by atoms with Crippen LogP contribution in [0.1, 0.15) is 27.8 Å². The van der Waals surface area contributed by atoms with Crippen molar-refractivity contribution in [2.75, 3.05) is 17.2 Å². The number of carbonyl (C=O) groups excluding carboxylic acids is 3. The van der Waals surface area contributed by atoms with Gasteiger partial charge in [0, 0.05) is 21.4 Å². The second kappa shape index (κ2) is 12.1. The van der Waals surface area contributed by atoms with Crippen molar-refractivity contribution in [1.29, 1.82) is 0 Å². The Bertz CT molecular complexity index is 1320. The van der Waals surface area contributed by atoms with Crippen molar-refractivity contribution in [1.82, 2.24) is 5.43 Å². The van der Waals surface area contributed by atoms with Crippen molar-refractivity contribution >= 4 is 51.2 Å². The van der Waals surface area contributed by atoms with Gasteiger partial charge in [-0.1, -0.05) is 46.3 Å². The molecule has 9 heteroatoms. The van der Waals surface area contributed by atoms with Crippen molar-refractivity contribution in [3.63, 3.8) is 0 Å². The highest BCUT2D eigenvalue weighted by Crippen LogP contribution is 2.23. The molecular formula is C27H27BrN4O4. The Morgan fingerprint density at radius 1 is 0.889 bits per heavy atom. The number of nitrogens with one attached hydrogen (secondary N) is 3. The van der Waals surface area contributed by atoms with Crippen LogP contribution in [0, 0.1) is 27.7 Å². The summed E-state index contributed by atoms with van der Waals surface area (Å²) in [5, 5.41) is 9.33. The third-order valence-electron chi connectivity index (χ3n) is 5.50. The number of benzene rings is 3. The SMILES string of the molecule is Cc1cccc(NC(=O)COc2ccc(Br)cc2/C=N\NC(=O)C(=O)Nc2c(C)cccc2C)c1C. The van der Waals surface area contributed by atoms with Crippen LogP contribution >= 0.6 is 15.9 Å². The van der Waals surface area contributed by atoms with Crippen molar-refractivity contribution in [3.05, 3.63) is 86.9 Å². The predicted molar refractivity (Wildman–Crippen MR) is 144 cm³/mol. The third-order valence-corrected chi connectivity index (χ3v) is 6.00. The standard InChI is InChI=1S/C27H27BrN4O4/c1-16-7-6-10-22(19(16)4)30-24(33)15-36-23-12-11-21(28)13-20(23)14-29-32-27(35)26(34)31-25-17(2)8-5-9-18(25)3/h5-14H,15H2,1-4H3,(H,30,33)(H,31,34)(H,32,35)/b29-14-. The van der Waals surface area contributed by atoms with Gasteiger partial charge in [0.1, 0.15) is 5.75 Å². The van der Waals surface area contributed by atoms with Crippen molar-refractivity contribution in [3.8, 4) is 5.75 Å². The van der Waals surface area contributed by atoms with Gasteiger partial charge in [-0.15, -0.1) is 0 Å². The molecule has 0 saturated carbocycles. The molecule has 3 aromatic rings. The summed E-state index contributed by atoms with van der Waals surface area (Å²) in [7, 11) is 0. The molecule has 3 N–H and O–H groups in total. The molecular weight excluding hydrogens is 524 g/mol. The van der Waals surface area contributed by atoms with Crippen LogP contribution in [0.3, 0.4) is 0 Å². The van der Waals surface area contributed by atoms with E-state index in [4.69, 9.17) is 4.74 Å². The number of aryl methyl sites for hydroxylation is 3. The lowest BCUT2D eigenvalue weighted by molar-refractivity contribution is -0.136. The first-order valence-corrected chi connectivity index (χ1v) is 11.9. The first-order valence-electron chi connectivity index (χ1n) is 11.1. The second-order valence-corrected chi connectivity index (χ2v) is 9.10. The van der Waals surface area contributed by atoms with Gasteiger partial charge < -0.3 is 15.4 Å². The van der Waals surface area contributed by atoms with Gasteiger partial charge in [-0.25, -0.2) is 5.43 Å². The molecule has 0 heterocycles. The van der Waals surface area contributed by atoms with E-state index in [2.05, 4.69) is 37.1 Å². The van der Waals surface area contributed by atoms with Gasteiger partial charge in [0.15, 0.2) is 6.61 Å². The monoisotopic (exact) mass is 550 g/mol. The Kier molecular flexibility index (Phi) is 8.97. The maximum atomic E-state index is 12.4. The number of hydrazone groups is 1. The number of amides is 3. The smallest absolute Gasteiger partial charge is 0.329 e. The molecule has 8 nitrogen and oxygen atoms in total. The van der Waals surface area contributed by atoms with Crippen LogP contribution < -0.4 is 20.8 Å². The van der Waals surface area contributed by atoms with E-state index in [0.717, 1.165) is 32.4 Å². The lowest BCUT2D eigenvalue weighted by Crippen LogP contribution is -2.32. The average Bonchev–Trinajstić information content (AvgIpc) is 2.83. The molecule has 0 fully saturated rings. The topological polar surface area (TPSA) is 109 Å². The molecule has 3 rings (SSSR count). The highest BCUT2D eigenvalue weighted by Gasteiger charge is 2.15. The van der Waals surface area contributed by atoms with Crippen molar-refractivity contribution < 1.29 is 19.1 Å². The van der Waals surface area contributed by atoms with Crippen molar-refractivity contribution in [2.24, 2.45) is 5.10 Å². The van der Waals surface area contributed by atoms with E-state index in [1.165, 1.54) is 6.21 Å². The fourth-order valence-corrected chi connectivity index (χ4v) is 3.74. The Labute approximate surface area is 218 Å². The minimum atomic E-state index is -0.917. The summed E-state index contributed by atoms with van der Waals surface area (Å²) >= 11 is 3.38. The first kappa shape index (κ1) is 26.6. The molecule has 0 bridgehead atoms. The molecule has 0 aliphatic carbocycles. The Morgan fingerprint density at radius 2 is 1.56 bits per heavy atom. The van der Waals surface area contributed by atoms with Gasteiger partial charge in [0.25, 0.3) is 5.91 Å². The van der Waals surface area contributed by atoms with Gasteiger partial charge in [0.2, 0.25) is 0 Å².